The Labute approximate surface area is 153 Å². The third-order valence-corrected chi connectivity index (χ3v) is 4.64. The highest BCUT2D eigenvalue weighted by molar-refractivity contribution is 6.04. The highest BCUT2D eigenvalue weighted by atomic mass is 16.1. The molecule has 128 valence electrons. The Balaban J connectivity index is 1.48. The van der Waals surface area contributed by atoms with Gasteiger partial charge in [-0.25, -0.2) is 0 Å². The lowest BCUT2D eigenvalue weighted by Gasteiger charge is -2.08. The van der Waals surface area contributed by atoms with E-state index >= 15 is 0 Å². The molecule has 3 aromatic rings. The SMILES string of the molecule is O=C(Nc1cccc(/C=C/c2ccccn2)c1)c1ccc2c(c1)CCC2. The highest BCUT2D eigenvalue weighted by Gasteiger charge is 2.14. The van der Waals surface area contributed by atoms with E-state index in [4.69, 9.17) is 0 Å². The second kappa shape index (κ2) is 7.36. The molecule has 0 unspecified atom stereocenters. The second-order valence-corrected chi connectivity index (χ2v) is 6.50. The van der Waals surface area contributed by atoms with Crippen molar-refractivity contribution in [2.24, 2.45) is 0 Å². The summed E-state index contributed by atoms with van der Waals surface area (Å²) in [6.07, 6.45) is 9.11. The van der Waals surface area contributed by atoms with E-state index in [0.717, 1.165) is 35.3 Å². The predicted octanol–water partition coefficient (Wildman–Crippen LogP) is 4.99. The quantitative estimate of drug-likeness (QED) is 0.727. The zero-order valence-corrected chi connectivity index (χ0v) is 14.5. The molecule has 1 aromatic heterocycles. The molecule has 1 amide bonds. The molecule has 2 aromatic carbocycles. The van der Waals surface area contributed by atoms with E-state index in [1.165, 1.54) is 17.5 Å². The number of anilines is 1. The molecular weight excluding hydrogens is 320 g/mol. The summed E-state index contributed by atoms with van der Waals surface area (Å²) in [5.41, 5.74) is 6.12. The molecular formula is C23H20N2O. The Hall–Kier alpha value is -3.20. The number of nitrogens with zero attached hydrogens (tertiary/aromatic N) is 1. The molecule has 1 aliphatic rings. The first-order valence-electron chi connectivity index (χ1n) is 8.90. The third kappa shape index (κ3) is 3.72. The summed E-state index contributed by atoms with van der Waals surface area (Å²) in [5.74, 6) is -0.0643. The van der Waals surface area contributed by atoms with Crippen LogP contribution in [0.5, 0.6) is 0 Å². The van der Waals surface area contributed by atoms with E-state index in [1.807, 2.05) is 66.7 Å². The molecule has 0 atom stereocenters. The molecule has 1 N–H and O–H groups in total. The monoisotopic (exact) mass is 340 g/mol. The first-order chi connectivity index (χ1) is 12.8. The molecule has 1 aliphatic carbocycles. The number of pyridine rings is 1. The highest BCUT2D eigenvalue weighted by Crippen LogP contribution is 2.23. The number of carbonyl (C=O) groups excluding carboxylic acids is 1. The van der Waals surface area contributed by atoms with Crippen LogP contribution in [0.2, 0.25) is 0 Å². The molecule has 0 saturated heterocycles. The fourth-order valence-corrected chi connectivity index (χ4v) is 3.29. The standard InChI is InChI=1S/C23H20N2O/c26-23(20-12-11-18-6-4-7-19(18)16-20)25-22-9-3-5-17(15-22)10-13-21-8-1-2-14-24-21/h1-3,5,8-16H,4,6-7H2,(H,25,26)/b13-10+. The number of amides is 1. The van der Waals surface area contributed by atoms with Gasteiger partial charge < -0.3 is 5.32 Å². The van der Waals surface area contributed by atoms with Gasteiger partial charge in [0.15, 0.2) is 0 Å². The van der Waals surface area contributed by atoms with Gasteiger partial charge >= 0.3 is 0 Å². The summed E-state index contributed by atoms with van der Waals surface area (Å²) < 4.78 is 0. The van der Waals surface area contributed by atoms with Crippen molar-refractivity contribution >= 4 is 23.7 Å². The van der Waals surface area contributed by atoms with Crippen LogP contribution in [0.25, 0.3) is 12.2 Å². The molecule has 3 heteroatoms. The smallest absolute Gasteiger partial charge is 0.255 e. The van der Waals surface area contributed by atoms with Gasteiger partial charge in [-0.05, 0) is 78.4 Å². The first kappa shape index (κ1) is 16.3. The van der Waals surface area contributed by atoms with Crippen LogP contribution >= 0.6 is 0 Å². The first-order valence-corrected chi connectivity index (χ1v) is 8.90. The Morgan fingerprint density at radius 2 is 1.85 bits per heavy atom. The third-order valence-electron chi connectivity index (χ3n) is 4.64. The average molecular weight is 340 g/mol. The number of nitrogens with one attached hydrogen (secondary N) is 1. The van der Waals surface area contributed by atoms with E-state index < -0.39 is 0 Å². The zero-order chi connectivity index (χ0) is 17.8. The van der Waals surface area contributed by atoms with Crippen LogP contribution < -0.4 is 5.32 Å². The molecule has 4 rings (SSSR count). The normalized spacial score (nSPS) is 12.9. The van der Waals surface area contributed by atoms with E-state index in [9.17, 15) is 4.79 Å². The van der Waals surface area contributed by atoms with Crippen molar-refractivity contribution in [2.45, 2.75) is 19.3 Å². The topological polar surface area (TPSA) is 42.0 Å². The van der Waals surface area contributed by atoms with Gasteiger partial charge in [0.25, 0.3) is 5.91 Å². The van der Waals surface area contributed by atoms with Gasteiger partial charge in [0, 0.05) is 17.4 Å². The van der Waals surface area contributed by atoms with Crippen LogP contribution in [0.3, 0.4) is 0 Å². The molecule has 3 nitrogen and oxygen atoms in total. The van der Waals surface area contributed by atoms with Crippen LogP contribution in [0.1, 0.15) is 39.2 Å². The summed E-state index contributed by atoms with van der Waals surface area (Å²) in [6, 6.07) is 19.7. The number of rotatable bonds is 4. The molecule has 0 aliphatic heterocycles. The largest absolute Gasteiger partial charge is 0.322 e. The minimum absolute atomic E-state index is 0.0643. The molecule has 1 heterocycles. The van der Waals surface area contributed by atoms with Gasteiger partial charge in [0.2, 0.25) is 0 Å². The maximum atomic E-state index is 12.6. The second-order valence-electron chi connectivity index (χ2n) is 6.50. The maximum Gasteiger partial charge on any atom is 0.255 e. The van der Waals surface area contributed by atoms with Gasteiger partial charge in [0.1, 0.15) is 0 Å². The lowest BCUT2D eigenvalue weighted by atomic mass is 10.1. The number of fused-ring (bicyclic) bond motifs is 1. The molecule has 0 radical (unpaired) electrons. The van der Waals surface area contributed by atoms with Crippen LogP contribution in [-0.4, -0.2) is 10.9 Å². The fourth-order valence-electron chi connectivity index (χ4n) is 3.29. The maximum absolute atomic E-state index is 12.6. The van der Waals surface area contributed by atoms with Crippen LogP contribution in [-0.2, 0) is 12.8 Å². The lowest BCUT2D eigenvalue weighted by molar-refractivity contribution is 0.102. The molecule has 26 heavy (non-hydrogen) atoms. The van der Waals surface area contributed by atoms with Gasteiger partial charge in [-0.1, -0.05) is 30.3 Å². The Morgan fingerprint density at radius 3 is 2.73 bits per heavy atom. The number of carbonyl (C=O) groups is 1. The number of hydrogen-bond acceptors (Lipinski definition) is 2. The number of aryl methyl sites for hydroxylation is 2. The molecule has 0 spiro atoms. The predicted molar refractivity (Wildman–Crippen MR) is 106 cm³/mol. The van der Waals surface area contributed by atoms with E-state index in [1.54, 1.807) is 6.20 Å². The van der Waals surface area contributed by atoms with Crippen LogP contribution in [0.15, 0.2) is 66.9 Å². The van der Waals surface area contributed by atoms with Crippen molar-refractivity contribution in [1.82, 2.24) is 4.98 Å². The fraction of sp³-hybridized carbons (Fsp3) is 0.130. The molecule has 0 fully saturated rings. The Kier molecular flexibility index (Phi) is 4.61. The van der Waals surface area contributed by atoms with E-state index in [0.29, 0.717) is 0 Å². The summed E-state index contributed by atoms with van der Waals surface area (Å²) in [6.45, 7) is 0. The van der Waals surface area contributed by atoms with Gasteiger partial charge in [-0.15, -0.1) is 0 Å². The number of benzene rings is 2. The Morgan fingerprint density at radius 1 is 0.923 bits per heavy atom. The minimum Gasteiger partial charge on any atom is -0.322 e. The van der Waals surface area contributed by atoms with Gasteiger partial charge in [-0.3, -0.25) is 9.78 Å². The summed E-state index contributed by atoms with van der Waals surface area (Å²) in [7, 11) is 0. The number of aromatic nitrogens is 1. The van der Waals surface area contributed by atoms with E-state index in [2.05, 4.69) is 16.4 Å². The summed E-state index contributed by atoms with van der Waals surface area (Å²) >= 11 is 0. The molecule has 0 saturated carbocycles. The average Bonchev–Trinajstić information content (AvgIpc) is 3.15. The Bertz CT molecular complexity index is 961. The van der Waals surface area contributed by atoms with Crippen molar-refractivity contribution in [1.29, 1.82) is 0 Å². The summed E-state index contributed by atoms with van der Waals surface area (Å²) in [4.78, 5) is 16.8. The van der Waals surface area contributed by atoms with E-state index in [-0.39, 0.29) is 5.91 Å². The number of hydrogen-bond donors (Lipinski definition) is 1. The van der Waals surface area contributed by atoms with Crippen molar-refractivity contribution < 1.29 is 4.79 Å². The van der Waals surface area contributed by atoms with Crippen molar-refractivity contribution in [3.8, 4) is 0 Å². The van der Waals surface area contributed by atoms with Crippen molar-refractivity contribution in [2.75, 3.05) is 5.32 Å². The zero-order valence-electron chi connectivity index (χ0n) is 14.5. The summed E-state index contributed by atoms with van der Waals surface area (Å²) in [5, 5.41) is 3.00. The van der Waals surface area contributed by atoms with Gasteiger partial charge in [0.05, 0.1) is 5.69 Å². The lowest BCUT2D eigenvalue weighted by Crippen LogP contribution is -2.12. The minimum atomic E-state index is -0.0643. The molecule has 0 bridgehead atoms. The van der Waals surface area contributed by atoms with Crippen molar-refractivity contribution in [3.63, 3.8) is 0 Å². The van der Waals surface area contributed by atoms with Crippen LogP contribution in [0, 0.1) is 0 Å². The van der Waals surface area contributed by atoms with Gasteiger partial charge in [-0.2, -0.15) is 0 Å². The van der Waals surface area contributed by atoms with Crippen molar-refractivity contribution in [3.05, 3.63) is 94.8 Å². The van der Waals surface area contributed by atoms with Crippen LogP contribution in [0.4, 0.5) is 5.69 Å².